The number of rotatable bonds is 9. The van der Waals surface area contributed by atoms with Crippen LogP contribution in [0.25, 0.3) is 0 Å². The van der Waals surface area contributed by atoms with Crippen molar-refractivity contribution in [3.8, 4) is 0 Å². The van der Waals surface area contributed by atoms with Crippen LogP contribution in [0.1, 0.15) is 39.5 Å². The lowest BCUT2D eigenvalue weighted by Gasteiger charge is -2.06. The van der Waals surface area contributed by atoms with Gasteiger partial charge in [-0.05, 0) is 31.8 Å². The Labute approximate surface area is 93.5 Å². The van der Waals surface area contributed by atoms with Crippen molar-refractivity contribution < 1.29 is 0 Å². The fourth-order valence-electron chi connectivity index (χ4n) is 1.31. The molecule has 0 aromatic rings. The summed E-state index contributed by atoms with van der Waals surface area (Å²) in [4.78, 5) is 3.94. The SMILES string of the molecule is CC(C)CNCCCCCCN=C(N)N. The molecule has 0 saturated carbocycles. The molecule has 15 heavy (non-hydrogen) atoms. The summed E-state index contributed by atoms with van der Waals surface area (Å²) in [5, 5.41) is 3.43. The first kappa shape index (κ1) is 14.2. The van der Waals surface area contributed by atoms with Gasteiger partial charge in [0, 0.05) is 6.54 Å². The van der Waals surface area contributed by atoms with Crippen molar-refractivity contribution in [1.82, 2.24) is 5.32 Å². The normalized spacial score (nSPS) is 10.6. The number of unbranched alkanes of at least 4 members (excludes halogenated alkanes) is 3. The maximum atomic E-state index is 5.22. The maximum Gasteiger partial charge on any atom is 0.185 e. The highest BCUT2D eigenvalue weighted by Crippen LogP contribution is 1.99. The van der Waals surface area contributed by atoms with Gasteiger partial charge < -0.3 is 16.8 Å². The molecule has 0 bridgehead atoms. The van der Waals surface area contributed by atoms with Gasteiger partial charge in [-0.3, -0.25) is 4.99 Å². The van der Waals surface area contributed by atoms with Gasteiger partial charge in [-0.2, -0.15) is 0 Å². The van der Waals surface area contributed by atoms with Gasteiger partial charge in [-0.15, -0.1) is 0 Å². The zero-order valence-corrected chi connectivity index (χ0v) is 10.1. The highest BCUT2D eigenvalue weighted by molar-refractivity contribution is 5.75. The molecule has 0 radical (unpaired) electrons. The van der Waals surface area contributed by atoms with Gasteiger partial charge in [0.15, 0.2) is 5.96 Å². The van der Waals surface area contributed by atoms with E-state index in [0.29, 0.717) is 0 Å². The Morgan fingerprint density at radius 3 is 2.40 bits per heavy atom. The summed E-state index contributed by atoms with van der Waals surface area (Å²) in [6.45, 7) is 7.46. The van der Waals surface area contributed by atoms with E-state index in [-0.39, 0.29) is 5.96 Å². The Morgan fingerprint density at radius 1 is 1.13 bits per heavy atom. The van der Waals surface area contributed by atoms with Gasteiger partial charge in [0.1, 0.15) is 0 Å². The molecule has 0 aromatic carbocycles. The van der Waals surface area contributed by atoms with E-state index in [9.17, 15) is 0 Å². The van der Waals surface area contributed by atoms with Crippen molar-refractivity contribution in [2.24, 2.45) is 22.4 Å². The van der Waals surface area contributed by atoms with Gasteiger partial charge in [0.2, 0.25) is 0 Å². The molecule has 0 unspecified atom stereocenters. The summed E-state index contributed by atoms with van der Waals surface area (Å²) in [6.07, 6.45) is 4.79. The molecule has 5 N–H and O–H groups in total. The third kappa shape index (κ3) is 13.2. The third-order valence-corrected chi connectivity index (χ3v) is 2.11. The summed E-state index contributed by atoms with van der Waals surface area (Å²) in [7, 11) is 0. The first-order chi connectivity index (χ1) is 7.13. The summed E-state index contributed by atoms with van der Waals surface area (Å²) >= 11 is 0. The van der Waals surface area contributed by atoms with Crippen LogP contribution in [0.15, 0.2) is 4.99 Å². The van der Waals surface area contributed by atoms with Crippen LogP contribution in [-0.4, -0.2) is 25.6 Å². The van der Waals surface area contributed by atoms with Crippen LogP contribution in [0.4, 0.5) is 0 Å². The van der Waals surface area contributed by atoms with Crippen LogP contribution in [0, 0.1) is 5.92 Å². The summed E-state index contributed by atoms with van der Waals surface area (Å²) < 4.78 is 0. The van der Waals surface area contributed by atoms with Crippen LogP contribution in [-0.2, 0) is 0 Å². The highest BCUT2D eigenvalue weighted by atomic mass is 15.0. The van der Waals surface area contributed by atoms with Crippen molar-refractivity contribution in [2.75, 3.05) is 19.6 Å². The van der Waals surface area contributed by atoms with E-state index in [4.69, 9.17) is 11.5 Å². The fraction of sp³-hybridized carbons (Fsp3) is 0.909. The van der Waals surface area contributed by atoms with Gasteiger partial charge in [-0.1, -0.05) is 26.7 Å². The van der Waals surface area contributed by atoms with E-state index < -0.39 is 0 Å². The van der Waals surface area contributed by atoms with E-state index in [1.165, 1.54) is 19.3 Å². The van der Waals surface area contributed by atoms with Crippen molar-refractivity contribution in [3.63, 3.8) is 0 Å². The number of nitrogens with two attached hydrogens (primary N) is 2. The average molecular weight is 214 g/mol. The van der Waals surface area contributed by atoms with Crippen molar-refractivity contribution in [1.29, 1.82) is 0 Å². The van der Waals surface area contributed by atoms with Crippen LogP contribution in [0.3, 0.4) is 0 Å². The largest absolute Gasteiger partial charge is 0.370 e. The zero-order valence-electron chi connectivity index (χ0n) is 10.1. The Bertz CT molecular complexity index is 162. The molecule has 0 atom stereocenters. The van der Waals surface area contributed by atoms with Crippen molar-refractivity contribution >= 4 is 5.96 Å². The first-order valence-electron chi connectivity index (χ1n) is 5.89. The number of nitrogens with zero attached hydrogens (tertiary/aromatic N) is 1. The molecule has 0 fully saturated rings. The molecule has 0 aromatic heterocycles. The third-order valence-electron chi connectivity index (χ3n) is 2.11. The molecule has 0 rings (SSSR count). The van der Waals surface area contributed by atoms with Crippen LogP contribution >= 0.6 is 0 Å². The van der Waals surface area contributed by atoms with E-state index in [0.717, 1.165) is 32.0 Å². The molecule has 0 amide bonds. The Hall–Kier alpha value is -0.770. The first-order valence-corrected chi connectivity index (χ1v) is 5.89. The lowest BCUT2D eigenvalue weighted by atomic mass is 10.2. The molecule has 0 aliphatic rings. The minimum absolute atomic E-state index is 0.202. The molecule has 90 valence electrons. The van der Waals surface area contributed by atoms with E-state index in [2.05, 4.69) is 24.2 Å². The summed E-state index contributed by atoms with van der Waals surface area (Å²) in [5.41, 5.74) is 10.4. The second kappa shape index (κ2) is 9.77. The minimum Gasteiger partial charge on any atom is -0.370 e. The molecule has 4 heteroatoms. The summed E-state index contributed by atoms with van der Waals surface area (Å²) in [5.74, 6) is 0.945. The predicted molar refractivity (Wildman–Crippen MR) is 66.9 cm³/mol. The number of aliphatic imine (C=N–C) groups is 1. The molecule has 0 aliphatic heterocycles. The molecular weight excluding hydrogens is 188 g/mol. The van der Waals surface area contributed by atoms with Crippen molar-refractivity contribution in [2.45, 2.75) is 39.5 Å². The van der Waals surface area contributed by atoms with Gasteiger partial charge >= 0.3 is 0 Å². The topological polar surface area (TPSA) is 76.4 Å². The number of hydrogen-bond acceptors (Lipinski definition) is 2. The van der Waals surface area contributed by atoms with Gasteiger partial charge in [0.25, 0.3) is 0 Å². The van der Waals surface area contributed by atoms with Gasteiger partial charge in [0.05, 0.1) is 0 Å². The standard InChI is InChI=1S/C11H26N4/c1-10(2)9-14-7-5-3-4-6-8-15-11(12)13/h10,14H,3-9H2,1-2H3,(H4,12,13,15). The van der Waals surface area contributed by atoms with Crippen molar-refractivity contribution in [3.05, 3.63) is 0 Å². The number of guanidine groups is 1. The molecule has 0 saturated heterocycles. The molecule has 0 aliphatic carbocycles. The average Bonchev–Trinajstić information content (AvgIpc) is 2.14. The number of nitrogens with one attached hydrogen (secondary N) is 1. The van der Waals surface area contributed by atoms with Crippen LogP contribution in [0.2, 0.25) is 0 Å². The van der Waals surface area contributed by atoms with E-state index in [1.54, 1.807) is 0 Å². The lowest BCUT2D eigenvalue weighted by Crippen LogP contribution is -2.23. The minimum atomic E-state index is 0.202. The lowest BCUT2D eigenvalue weighted by molar-refractivity contribution is 0.527. The Morgan fingerprint density at radius 2 is 1.80 bits per heavy atom. The zero-order chi connectivity index (χ0) is 11.5. The van der Waals surface area contributed by atoms with Crippen LogP contribution in [0.5, 0.6) is 0 Å². The van der Waals surface area contributed by atoms with Gasteiger partial charge in [-0.25, -0.2) is 0 Å². The molecule has 0 spiro atoms. The molecular formula is C11H26N4. The summed E-state index contributed by atoms with van der Waals surface area (Å²) in [6, 6.07) is 0. The van der Waals surface area contributed by atoms with E-state index in [1.807, 2.05) is 0 Å². The Balaban J connectivity index is 3.02. The molecule has 4 nitrogen and oxygen atoms in total. The Kier molecular flexibility index (Phi) is 9.27. The maximum absolute atomic E-state index is 5.22. The predicted octanol–water partition coefficient (Wildman–Crippen LogP) is 1.07. The highest BCUT2D eigenvalue weighted by Gasteiger charge is 1.93. The fourth-order valence-corrected chi connectivity index (χ4v) is 1.31. The van der Waals surface area contributed by atoms with Crippen LogP contribution < -0.4 is 16.8 Å². The monoisotopic (exact) mass is 214 g/mol. The second-order valence-electron chi connectivity index (χ2n) is 4.32. The molecule has 0 heterocycles. The van der Waals surface area contributed by atoms with E-state index >= 15 is 0 Å². The second-order valence-corrected chi connectivity index (χ2v) is 4.32. The quantitative estimate of drug-likeness (QED) is 0.305. The number of hydrogen-bond donors (Lipinski definition) is 3. The smallest absolute Gasteiger partial charge is 0.185 e.